The van der Waals surface area contributed by atoms with Crippen LogP contribution in [0, 0.1) is 23.4 Å². The maximum absolute atomic E-state index is 13.6. The molecule has 1 aliphatic heterocycles. The molecule has 0 amide bonds. The van der Waals surface area contributed by atoms with Crippen molar-refractivity contribution in [2.24, 2.45) is 5.92 Å². The Morgan fingerprint density at radius 3 is 2.42 bits per heavy atom. The minimum atomic E-state index is -1.59. The molecule has 1 aromatic carbocycles. The van der Waals surface area contributed by atoms with Gasteiger partial charge in [-0.2, -0.15) is 0 Å². The molecule has 12 heteroatoms. The molecule has 31 heavy (non-hydrogen) atoms. The predicted molar refractivity (Wildman–Crippen MR) is 100 cm³/mol. The van der Waals surface area contributed by atoms with Gasteiger partial charge in [0.05, 0.1) is 12.2 Å². The number of hydrogen-bond acceptors (Lipinski definition) is 7. The fourth-order valence-electron chi connectivity index (χ4n) is 3.36. The van der Waals surface area contributed by atoms with Gasteiger partial charge in [0, 0.05) is 25.3 Å². The largest absolute Gasteiger partial charge is 0.463 e. The van der Waals surface area contributed by atoms with Crippen LogP contribution in [-0.2, 0) is 23.8 Å². The number of carbonyl (C=O) groups excluding carboxylic acids is 2. The molecule has 2 unspecified atom stereocenters. The van der Waals surface area contributed by atoms with Gasteiger partial charge in [-0.3, -0.25) is 9.59 Å². The molecule has 0 saturated carbocycles. The average molecular weight is 462 g/mol. The van der Waals surface area contributed by atoms with Crippen molar-refractivity contribution in [3.63, 3.8) is 0 Å². The highest BCUT2D eigenvalue weighted by Crippen LogP contribution is 2.38. The summed E-state index contributed by atoms with van der Waals surface area (Å²) in [6.45, 7) is 3.91. The molecule has 5 atom stereocenters. The molecule has 2 heterocycles. The van der Waals surface area contributed by atoms with Crippen molar-refractivity contribution in [2.45, 2.75) is 44.6 Å². The Balaban J connectivity index is 1.97. The van der Waals surface area contributed by atoms with E-state index in [2.05, 4.69) is 10.3 Å². The molecule has 0 radical (unpaired) electrons. The van der Waals surface area contributed by atoms with Crippen LogP contribution >= 0.6 is 11.6 Å². The second-order valence-electron chi connectivity index (χ2n) is 7.09. The van der Waals surface area contributed by atoms with Gasteiger partial charge in [0.1, 0.15) is 24.0 Å². The quantitative estimate of drug-likeness (QED) is 0.384. The zero-order chi connectivity index (χ0) is 22.9. The molecular formula is C19H19ClF3N3O5. The predicted octanol–water partition coefficient (Wildman–Crippen LogP) is 3.00. The first-order valence-corrected chi connectivity index (χ1v) is 9.69. The van der Waals surface area contributed by atoms with E-state index in [1.807, 2.05) is 0 Å². The number of esters is 2. The van der Waals surface area contributed by atoms with Gasteiger partial charge in [-0.25, -0.2) is 17.9 Å². The molecule has 1 saturated heterocycles. The first kappa shape index (κ1) is 23.0. The van der Waals surface area contributed by atoms with Crippen LogP contribution in [0.25, 0.3) is 11.3 Å². The van der Waals surface area contributed by atoms with E-state index in [-0.39, 0.29) is 17.9 Å². The Hall–Kier alpha value is -2.66. The Morgan fingerprint density at radius 2 is 1.84 bits per heavy atom. The summed E-state index contributed by atoms with van der Waals surface area (Å²) in [4.78, 5) is 22.9. The maximum atomic E-state index is 13.6. The molecule has 0 N–H and O–H groups in total. The standard InChI is InChI=1S/C19H19ClF3N3O5/c1-8-17(18(30-10(3)28)15(31-19(8)20)7-29-9(2)27)26-6-14(24-25-26)11-4-12(21)16(23)13(22)5-11/h4-6,8,15,17-19H,7H2,1-3H3/t8?,15?,17-,18+,19-/m1/s1. The zero-order valence-electron chi connectivity index (χ0n) is 16.7. The van der Waals surface area contributed by atoms with Crippen molar-refractivity contribution in [3.05, 3.63) is 35.8 Å². The fraction of sp³-hybridized carbons (Fsp3) is 0.474. The molecular weight excluding hydrogens is 443 g/mol. The second-order valence-corrected chi connectivity index (χ2v) is 7.52. The van der Waals surface area contributed by atoms with E-state index in [9.17, 15) is 22.8 Å². The maximum Gasteiger partial charge on any atom is 0.303 e. The third-order valence-corrected chi connectivity index (χ3v) is 5.31. The number of carbonyl (C=O) groups is 2. The van der Waals surface area contributed by atoms with E-state index in [1.54, 1.807) is 6.92 Å². The van der Waals surface area contributed by atoms with Gasteiger partial charge in [0.25, 0.3) is 0 Å². The molecule has 0 aliphatic carbocycles. The lowest BCUT2D eigenvalue weighted by Crippen LogP contribution is -2.53. The molecule has 0 spiro atoms. The van der Waals surface area contributed by atoms with Crippen molar-refractivity contribution in [2.75, 3.05) is 6.61 Å². The Kier molecular flexibility index (Phi) is 6.85. The number of hydrogen-bond donors (Lipinski definition) is 0. The number of benzene rings is 1. The summed E-state index contributed by atoms with van der Waals surface area (Å²) in [5.74, 6) is -5.98. The third kappa shape index (κ3) is 4.99. The minimum absolute atomic E-state index is 0.0368. The van der Waals surface area contributed by atoms with Crippen molar-refractivity contribution in [1.82, 2.24) is 15.0 Å². The van der Waals surface area contributed by atoms with E-state index in [0.717, 1.165) is 12.1 Å². The fourth-order valence-corrected chi connectivity index (χ4v) is 3.64. The van der Waals surface area contributed by atoms with Crippen LogP contribution in [-0.4, -0.2) is 51.3 Å². The topological polar surface area (TPSA) is 92.5 Å². The van der Waals surface area contributed by atoms with Crippen molar-refractivity contribution in [3.8, 4) is 11.3 Å². The van der Waals surface area contributed by atoms with Crippen LogP contribution in [0.2, 0.25) is 0 Å². The Morgan fingerprint density at radius 1 is 1.19 bits per heavy atom. The lowest BCUT2D eigenvalue weighted by Gasteiger charge is -2.42. The summed E-state index contributed by atoms with van der Waals surface area (Å²) in [7, 11) is 0. The molecule has 2 aromatic rings. The van der Waals surface area contributed by atoms with E-state index in [1.165, 1.54) is 24.7 Å². The lowest BCUT2D eigenvalue weighted by molar-refractivity contribution is -0.192. The van der Waals surface area contributed by atoms with Crippen LogP contribution < -0.4 is 0 Å². The van der Waals surface area contributed by atoms with Crippen LogP contribution in [0.3, 0.4) is 0 Å². The summed E-state index contributed by atoms with van der Waals surface area (Å²) in [5, 5.41) is 7.88. The van der Waals surface area contributed by atoms with E-state index < -0.39 is 59.1 Å². The number of rotatable bonds is 5. The number of aromatic nitrogens is 3. The highest BCUT2D eigenvalue weighted by molar-refractivity contribution is 6.20. The van der Waals surface area contributed by atoms with E-state index in [0.29, 0.717) is 0 Å². The molecule has 3 rings (SSSR count). The van der Waals surface area contributed by atoms with Gasteiger partial charge in [-0.15, -0.1) is 5.10 Å². The van der Waals surface area contributed by atoms with Gasteiger partial charge in [-0.05, 0) is 12.1 Å². The minimum Gasteiger partial charge on any atom is -0.463 e. The SMILES string of the molecule is CC(=O)OCC1O[C@@H](Cl)C(C)[C@@H](n2cc(-c3cc(F)c(F)c(F)c3)nn2)[C@H]1OC(C)=O. The van der Waals surface area contributed by atoms with Crippen LogP contribution in [0.5, 0.6) is 0 Å². The Bertz CT molecular complexity index is 965. The lowest BCUT2D eigenvalue weighted by atomic mass is 9.90. The normalized spacial score (nSPS) is 25.8. The first-order valence-electron chi connectivity index (χ1n) is 9.25. The first-order chi connectivity index (χ1) is 14.6. The van der Waals surface area contributed by atoms with Crippen molar-refractivity contribution >= 4 is 23.5 Å². The molecule has 168 valence electrons. The van der Waals surface area contributed by atoms with Gasteiger partial charge in [0.2, 0.25) is 0 Å². The molecule has 0 bridgehead atoms. The van der Waals surface area contributed by atoms with Crippen molar-refractivity contribution in [1.29, 1.82) is 0 Å². The third-order valence-electron chi connectivity index (χ3n) is 4.81. The van der Waals surface area contributed by atoms with Crippen molar-refractivity contribution < 1.29 is 37.0 Å². The number of halogens is 4. The highest BCUT2D eigenvalue weighted by Gasteiger charge is 2.47. The summed E-state index contributed by atoms with van der Waals surface area (Å²) in [6, 6.07) is 0.868. The molecule has 1 aliphatic rings. The van der Waals surface area contributed by atoms with Gasteiger partial charge < -0.3 is 14.2 Å². The van der Waals surface area contributed by atoms with Crippen LogP contribution in [0.4, 0.5) is 13.2 Å². The summed E-state index contributed by atoms with van der Waals surface area (Å²) < 4.78 is 57.9. The molecule has 1 fully saturated rings. The number of nitrogens with zero attached hydrogens (tertiary/aromatic N) is 3. The van der Waals surface area contributed by atoms with Gasteiger partial charge in [-0.1, -0.05) is 23.7 Å². The van der Waals surface area contributed by atoms with Crippen LogP contribution in [0.1, 0.15) is 26.8 Å². The summed E-state index contributed by atoms with van der Waals surface area (Å²) in [6.07, 6.45) is -0.496. The second kappa shape index (κ2) is 9.23. The van der Waals surface area contributed by atoms with E-state index in [4.69, 9.17) is 25.8 Å². The van der Waals surface area contributed by atoms with E-state index >= 15 is 0 Å². The van der Waals surface area contributed by atoms with Gasteiger partial charge in [0.15, 0.2) is 23.6 Å². The molecule has 8 nitrogen and oxygen atoms in total. The number of alkyl halides is 1. The summed E-state index contributed by atoms with van der Waals surface area (Å²) >= 11 is 6.30. The monoisotopic (exact) mass is 461 g/mol. The highest BCUT2D eigenvalue weighted by atomic mass is 35.5. The molecule has 1 aromatic heterocycles. The smallest absolute Gasteiger partial charge is 0.303 e. The average Bonchev–Trinajstić information content (AvgIpc) is 3.16. The van der Waals surface area contributed by atoms with Crippen LogP contribution in [0.15, 0.2) is 18.3 Å². The van der Waals surface area contributed by atoms with Gasteiger partial charge >= 0.3 is 11.9 Å². The number of ether oxygens (including phenoxy) is 3. The zero-order valence-corrected chi connectivity index (χ0v) is 17.5. The summed E-state index contributed by atoms with van der Waals surface area (Å²) in [5.41, 5.74) is -0.836. The Labute approximate surface area is 180 Å².